The van der Waals surface area contributed by atoms with E-state index in [0.29, 0.717) is 5.56 Å². The molecule has 90 valence electrons. The number of nitrogens with zero attached hydrogens (tertiary/aromatic N) is 1. The van der Waals surface area contributed by atoms with Gasteiger partial charge < -0.3 is 0 Å². The summed E-state index contributed by atoms with van der Waals surface area (Å²) in [7, 11) is 0. The molecule has 1 aliphatic carbocycles. The third kappa shape index (κ3) is 2.06. The monoisotopic (exact) mass is 237 g/mol. The Labute approximate surface area is 107 Å². The summed E-state index contributed by atoms with van der Waals surface area (Å²) in [6.45, 7) is 0. The molecule has 3 rings (SSSR count). The van der Waals surface area contributed by atoms with Crippen LogP contribution in [0.25, 0.3) is 11.1 Å². The van der Waals surface area contributed by atoms with Crippen molar-refractivity contribution >= 4 is 6.29 Å². The second-order valence-electron chi connectivity index (χ2n) is 4.88. The first-order valence-electron chi connectivity index (χ1n) is 6.37. The quantitative estimate of drug-likeness (QED) is 0.759. The van der Waals surface area contributed by atoms with Crippen LogP contribution in [-0.2, 0) is 0 Å². The second kappa shape index (κ2) is 4.73. The average molecular weight is 237 g/mol. The Morgan fingerprint density at radius 1 is 1.11 bits per heavy atom. The largest absolute Gasteiger partial charge is 0.298 e. The van der Waals surface area contributed by atoms with Crippen molar-refractivity contribution in [1.29, 1.82) is 0 Å². The number of rotatable bonds is 3. The maximum Gasteiger partial charge on any atom is 0.151 e. The molecule has 2 nitrogen and oxygen atoms in total. The molecule has 0 saturated heterocycles. The van der Waals surface area contributed by atoms with E-state index < -0.39 is 0 Å². The normalized spacial score (nSPS) is 15.1. The Bertz CT molecular complexity index is 573. The first-order valence-corrected chi connectivity index (χ1v) is 6.37. The minimum atomic E-state index is 0.626. The molecule has 1 heterocycles. The SMILES string of the molecule is O=Cc1cncc(-c2cccc(C3CCC3)c2)c1. The molecule has 1 aromatic heterocycles. The van der Waals surface area contributed by atoms with Crippen molar-refractivity contribution < 1.29 is 4.79 Å². The van der Waals surface area contributed by atoms with Gasteiger partial charge in [0, 0.05) is 23.5 Å². The van der Waals surface area contributed by atoms with Crippen LogP contribution in [0.2, 0.25) is 0 Å². The molecular formula is C16H15NO. The topological polar surface area (TPSA) is 30.0 Å². The molecule has 0 bridgehead atoms. The zero-order valence-electron chi connectivity index (χ0n) is 10.2. The smallest absolute Gasteiger partial charge is 0.151 e. The number of hydrogen-bond donors (Lipinski definition) is 0. The Morgan fingerprint density at radius 2 is 2.00 bits per heavy atom. The van der Waals surface area contributed by atoms with Crippen molar-refractivity contribution in [3.63, 3.8) is 0 Å². The van der Waals surface area contributed by atoms with Crippen LogP contribution in [0.15, 0.2) is 42.7 Å². The number of benzene rings is 1. The van der Waals surface area contributed by atoms with Gasteiger partial charge in [-0.25, -0.2) is 0 Å². The van der Waals surface area contributed by atoms with E-state index in [1.807, 2.05) is 12.3 Å². The van der Waals surface area contributed by atoms with Gasteiger partial charge in [-0.3, -0.25) is 9.78 Å². The van der Waals surface area contributed by atoms with Gasteiger partial charge in [-0.05, 0) is 36.0 Å². The van der Waals surface area contributed by atoms with Crippen molar-refractivity contribution in [2.75, 3.05) is 0 Å². The maximum atomic E-state index is 10.8. The van der Waals surface area contributed by atoms with Gasteiger partial charge in [-0.2, -0.15) is 0 Å². The Hall–Kier alpha value is -1.96. The van der Waals surface area contributed by atoms with Gasteiger partial charge in [0.25, 0.3) is 0 Å². The summed E-state index contributed by atoms with van der Waals surface area (Å²) in [5.41, 5.74) is 4.20. The van der Waals surface area contributed by atoms with Crippen LogP contribution in [0.4, 0.5) is 0 Å². The molecule has 0 spiro atoms. The van der Waals surface area contributed by atoms with E-state index in [4.69, 9.17) is 0 Å². The number of carbonyl (C=O) groups is 1. The zero-order chi connectivity index (χ0) is 12.4. The van der Waals surface area contributed by atoms with Gasteiger partial charge in [-0.15, -0.1) is 0 Å². The van der Waals surface area contributed by atoms with E-state index in [2.05, 4.69) is 29.2 Å². The minimum Gasteiger partial charge on any atom is -0.298 e. The van der Waals surface area contributed by atoms with Crippen molar-refractivity contribution in [3.8, 4) is 11.1 Å². The van der Waals surface area contributed by atoms with Crippen LogP contribution in [0.3, 0.4) is 0 Å². The van der Waals surface area contributed by atoms with E-state index in [1.165, 1.54) is 24.8 Å². The standard InChI is InChI=1S/C16H15NO/c18-11-12-7-16(10-17-9-12)15-6-2-5-14(8-15)13-3-1-4-13/h2,5-11,13H,1,3-4H2. The van der Waals surface area contributed by atoms with E-state index in [9.17, 15) is 4.79 Å². The number of carbonyl (C=O) groups excluding carboxylic acids is 1. The number of pyridine rings is 1. The molecule has 1 fully saturated rings. The van der Waals surface area contributed by atoms with E-state index >= 15 is 0 Å². The van der Waals surface area contributed by atoms with E-state index in [1.54, 1.807) is 6.20 Å². The minimum absolute atomic E-state index is 0.626. The van der Waals surface area contributed by atoms with Gasteiger partial charge >= 0.3 is 0 Å². The fourth-order valence-corrected chi connectivity index (χ4v) is 2.39. The first kappa shape index (κ1) is 11.1. The van der Waals surface area contributed by atoms with Gasteiger partial charge in [0.1, 0.15) is 0 Å². The highest BCUT2D eigenvalue weighted by molar-refractivity contribution is 5.78. The Morgan fingerprint density at radius 3 is 2.72 bits per heavy atom. The van der Waals surface area contributed by atoms with E-state index in [0.717, 1.165) is 23.3 Å². The molecule has 0 atom stereocenters. The highest BCUT2D eigenvalue weighted by Crippen LogP contribution is 2.37. The first-order chi connectivity index (χ1) is 8.86. The maximum absolute atomic E-state index is 10.8. The summed E-state index contributed by atoms with van der Waals surface area (Å²) >= 11 is 0. The predicted molar refractivity (Wildman–Crippen MR) is 71.7 cm³/mol. The third-order valence-corrected chi connectivity index (χ3v) is 3.69. The molecule has 0 unspecified atom stereocenters. The third-order valence-electron chi connectivity index (χ3n) is 3.69. The summed E-state index contributed by atoms with van der Waals surface area (Å²) in [6.07, 6.45) is 8.19. The predicted octanol–water partition coefficient (Wildman–Crippen LogP) is 3.83. The zero-order valence-corrected chi connectivity index (χ0v) is 10.2. The summed E-state index contributed by atoms with van der Waals surface area (Å²) in [5, 5.41) is 0. The van der Waals surface area contributed by atoms with Crippen LogP contribution in [-0.4, -0.2) is 11.3 Å². The Balaban J connectivity index is 1.97. The molecular weight excluding hydrogens is 222 g/mol. The lowest BCUT2D eigenvalue weighted by Crippen LogP contribution is -2.08. The number of hydrogen-bond acceptors (Lipinski definition) is 2. The summed E-state index contributed by atoms with van der Waals surface area (Å²) in [5.74, 6) is 0.729. The van der Waals surface area contributed by atoms with Crippen molar-refractivity contribution in [3.05, 3.63) is 53.9 Å². The molecule has 1 aliphatic rings. The van der Waals surface area contributed by atoms with Crippen LogP contribution < -0.4 is 0 Å². The molecule has 0 radical (unpaired) electrons. The lowest BCUT2D eigenvalue weighted by Gasteiger charge is -2.26. The van der Waals surface area contributed by atoms with Crippen LogP contribution in [0.5, 0.6) is 0 Å². The van der Waals surface area contributed by atoms with Crippen molar-refractivity contribution in [2.45, 2.75) is 25.2 Å². The molecule has 0 aliphatic heterocycles. The van der Waals surface area contributed by atoms with Crippen molar-refractivity contribution in [2.24, 2.45) is 0 Å². The summed E-state index contributed by atoms with van der Waals surface area (Å²) in [4.78, 5) is 14.9. The summed E-state index contributed by atoms with van der Waals surface area (Å²) < 4.78 is 0. The molecule has 1 saturated carbocycles. The molecule has 0 amide bonds. The number of aldehydes is 1. The highest BCUT2D eigenvalue weighted by Gasteiger charge is 2.19. The van der Waals surface area contributed by atoms with Crippen molar-refractivity contribution in [1.82, 2.24) is 4.98 Å². The lowest BCUT2D eigenvalue weighted by atomic mass is 9.79. The Kier molecular flexibility index (Phi) is 2.93. The van der Waals surface area contributed by atoms with Gasteiger partial charge in [-0.1, -0.05) is 30.7 Å². The molecule has 2 heteroatoms. The van der Waals surface area contributed by atoms with Gasteiger partial charge in [0.15, 0.2) is 6.29 Å². The highest BCUT2D eigenvalue weighted by atomic mass is 16.1. The number of aromatic nitrogens is 1. The molecule has 1 aromatic carbocycles. The molecule has 18 heavy (non-hydrogen) atoms. The van der Waals surface area contributed by atoms with Crippen LogP contribution >= 0.6 is 0 Å². The van der Waals surface area contributed by atoms with E-state index in [-0.39, 0.29) is 0 Å². The second-order valence-corrected chi connectivity index (χ2v) is 4.88. The van der Waals surface area contributed by atoms with Gasteiger partial charge in [0.2, 0.25) is 0 Å². The molecule has 0 N–H and O–H groups in total. The van der Waals surface area contributed by atoms with Crippen LogP contribution in [0.1, 0.15) is 41.1 Å². The fourth-order valence-electron chi connectivity index (χ4n) is 2.39. The lowest BCUT2D eigenvalue weighted by molar-refractivity contribution is 0.112. The molecule has 2 aromatic rings. The average Bonchev–Trinajstić information content (AvgIpc) is 2.37. The fraction of sp³-hybridized carbons (Fsp3) is 0.250. The van der Waals surface area contributed by atoms with Gasteiger partial charge in [0.05, 0.1) is 0 Å². The van der Waals surface area contributed by atoms with Crippen LogP contribution in [0, 0.1) is 0 Å². The summed E-state index contributed by atoms with van der Waals surface area (Å²) in [6, 6.07) is 10.5.